The molecule has 1 aromatic rings. The summed E-state index contributed by atoms with van der Waals surface area (Å²) in [5.74, 6) is -0.727. The number of nitrogens with zero attached hydrogens (tertiary/aromatic N) is 4. The predicted molar refractivity (Wildman–Crippen MR) is 99.7 cm³/mol. The number of piperidine rings is 1. The van der Waals surface area contributed by atoms with Gasteiger partial charge in [-0.1, -0.05) is 6.92 Å². The first kappa shape index (κ1) is 18.4. The molecule has 0 radical (unpaired) electrons. The van der Waals surface area contributed by atoms with E-state index in [0.717, 1.165) is 21.9 Å². The van der Waals surface area contributed by atoms with Crippen LogP contribution in [-0.4, -0.2) is 59.3 Å². The van der Waals surface area contributed by atoms with Gasteiger partial charge in [-0.25, -0.2) is 4.79 Å². The third kappa shape index (κ3) is 2.28. The Balaban J connectivity index is 1.92. The van der Waals surface area contributed by atoms with Crippen LogP contribution in [0.1, 0.15) is 25.3 Å². The van der Waals surface area contributed by atoms with Crippen LogP contribution in [0.2, 0.25) is 0 Å². The molecule has 1 spiro atoms. The van der Waals surface area contributed by atoms with E-state index in [1.54, 1.807) is 6.07 Å². The van der Waals surface area contributed by atoms with Gasteiger partial charge in [0.2, 0.25) is 11.8 Å². The molecule has 0 aliphatic carbocycles. The molecule has 0 saturated carbocycles. The van der Waals surface area contributed by atoms with Gasteiger partial charge in [0, 0.05) is 44.9 Å². The van der Waals surface area contributed by atoms with Crippen LogP contribution in [0.25, 0.3) is 0 Å². The summed E-state index contributed by atoms with van der Waals surface area (Å²) in [6.45, 7) is 2.74. The van der Waals surface area contributed by atoms with Crippen molar-refractivity contribution in [3.05, 3.63) is 33.9 Å². The van der Waals surface area contributed by atoms with Crippen molar-refractivity contribution in [2.45, 2.75) is 32.2 Å². The average molecular weight is 386 g/mol. The minimum absolute atomic E-state index is 0.0531. The molecule has 0 aromatic heterocycles. The maximum atomic E-state index is 13.4. The normalized spacial score (nSPS) is 26.4. The zero-order valence-corrected chi connectivity index (χ0v) is 16.0. The number of carbonyl (C=O) groups is 3. The lowest BCUT2D eigenvalue weighted by Gasteiger charge is -2.55. The Kier molecular flexibility index (Phi) is 3.95. The number of carbonyl (C=O) groups excluding carboxylic acids is 3. The number of imide groups is 2. The molecule has 2 unspecified atom stereocenters. The maximum absolute atomic E-state index is 13.4. The zero-order chi connectivity index (χ0) is 20.4. The van der Waals surface area contributed by atoms with E-state index in [4.69, 9.17) is 0 Å². The van der Waals surface area contributed by atoms with E-state index < -0.39 is 28.2 Å². The summed E-state index contributed by atoms with van der Waals surface area (Å²) in [5.41, 5.74) is -0.103. The molecule has 3 heterocycles. The van der Waals surface area contributed by atoms with E-state index >= 15 is 0 Å². The van der Waals surface area contributed by atoms with Crippen molar-refractivity contribution < 1.29 is 19.3 Å². The quantitative estimate of drug-likeness (QED) is 0.414. The van der Waals surface area contributed by atoms with Gasteiger partial charge in [0.25, 0.3) is 5.69 Å². The van der Waals surface area contributed by atoms with Crippen LogP contribution in [-0.2, 0) is 16.0 Å². The predicted octanol–water partition coefficient (Wildman–Crippen LogP) is 1.79. The zero-order valence-electron chi connectivity index (χ0n) is 16.0. The number of hydrogen-bond acceptors (Lipinski definition) is 6. The fourth-order valence-corrected chi connectivity index (χ4v) is 4.95. The van der Waals surface area contributed by atoms with Crippen LogP contribution in [0.5, 0.6) is 0 Å². The molecular formula is C19H22N4O5. The van der Waals surface area contributed by atoms with Crippen LogP contribution in [0.4, 0.5) is 16.2 Å². The number of benzene rings is 1. The number of nitro benzene ring substituents is 1. The number of hydrogen-bond donors (Lipinski definition) is 0. The Morgan fingerprint density at radius 2 is 1.79 bits per heavy atom. The first-order valence-electron chi connectivity index (χ1n) is 9.32. The van der Waals surface area contributed by atoms with Crippen molar-refractivity contribution in [3.8, 4) is 0 Å². The highest BCUT2D eigenvalue weighted by Gasteiger charge is 2.63. The van der Waals surface area contributed by atoms with Gasteiger partial charge in [-0.3, -0.25) is 29.5 Å². The van der Waals surface area contributed by atoms with E-state index in [1.807, 2.05) is 4.90 Å². The second-order valence-corrected chi connectivity index (χ2v) is 8.07. The van der Waals surface area contributed by atoms with Crippen LogP contribution < -0.4 is 4.90 Å². The molecule has 4 rings (SSSR count). The number of non-ortho nitro benzene ring substituents is 1. The van der Waals surface area contributed by atoms with Gasteiger partial charge >= 0.3 is 6.03 Å². The van der Waals surface area contributed by atoms with E-state index in [2.05, 4.69) is 6.92 Å². The Morgan fingerprint density at radius 1 is 1.14 bits per heavy atom. The number of rotatable bonds is 1. The summed E-state index contributed by atoms with van der Waals surface area (Å²) >= 11 is 0. The summed E-state index contributed by atoms with van der Waals surface area (Å²) in [7, 11) is 2.77. The van der Waals surface area contributed by atoms with Gasteiger partial charge in [-0.15, -0.1) is 0 Å². The van der Waals surface area contributed by atoms with Crippen molar-refractivity contribution in [1.29, 1.82) is 0 Å². The number of barbiturate groups is 1. The van der Waals surface area contributed by atoms with Crippen molar-refractivity contribution in [2.24, 2.45) is 11.3 Å². The Morgan fingerprint density at radius 3 is 2.39 bits per heavy atom. The average Bonchev–Trinajstić information content (AvgIpc) is 2.68. The Labute approximate surface area is 162 Å². The fourth-order valence-electron chi connectivity index (χ4n) is 4.95. The topological polar surface area (TPSA) is 104 Å². The van der Waals surface area contributed by atoms with E-state index in [0.29, 0.717) is 24.4 Å². The third-order valence-electron chi connectivity index (χ3n) is 6.43. The molecule has 4 amide bonds. The summed E-state index contributed by atoms with van der Waals surface area (Å²) in [4.78, 5) is 53.8. The number of anilines is 1. The summed E-state index contributed by atoms with van der Waals surface area (Å²) in [5, 5.41) is 11.3. The van der Waals surface area contributed by atoms with E-state index in [-0.39, 0.29) is 18.2 Å². The van der Waals surface area contributed by atoms with Crippen molar-refractivity contribution >= 4 is 29.2 Å². The highest BCUT2D eigenvalue weighted by Crippen LogP contribution is 2.49. The van der Waals surface area contributed by atoms with E-state index in [1.165, 1.54) is 26.2 Å². The molecule has 28 heavy (non-hydrogen) atoms. The fraction of sp³-hybridized carbons (Fsp3) is 0.526. The minimum atomic E-state index is -1.45. The maximum Gasteiger partial charge on any atom is 0.332 e. The smallest absolute Gasteiger partial charge is 0.332 e. The van der Waals surface area contributed by atoms with Gasteiger partial charge in [0.15, 0.2) is 5.41 Å². The van der Waals surface area contributed by atoms with Crippen LogP contribution >= 0.6 is 0 Å². The monoisotopic (exact) mass is 386 g/mol. The highest BCUT2D eigenvalue weighted by atomic mass is 16.6. The number of urea groups is 1. The lowest BCUT2D eigenvalue weighted by Crippen LogP contribution is -2.72. The molecule has 0 N–H and O–H groups in total. The number of fused-ring (bicyclic) bond motifs is 4. The second-order valence-electron chi connectivity index (χ2n) is 8.07. The van der Waals surface area contributed by atoms with Gasteiger partial charge in [0.1, 0.15) is 0 Å². The summed E-state index contributed by atoms with van der Waals surface area (Å²) < 4.78 is 0. The van der Waals surface area contributed by atoms with Crippen molar-refractivity contribution in [1.82, 2.24) is 9.80 Å². The molecule has 0 bridgehead atoms. The van der Waals surface area contributed by atoms with Crippen LogP contribution in [0, 0.1) is 21.4 Å². The van der Waals surface area contributed by atoms with Gasteiger partial charge in [-0.2, -0.15) is 0 Å². The minimum Gasteiger partial charge on any atom is -0.367 e. The Bertz CT molecular complexity index is 890. The molecule has 9 nitrogen and oxygen atoms in total. The van der Waals surface area contributed by atoms with Gasteiger partial charge in [-0.05, 0) is 30.4 Å². The SMILES string of the molecule is CC1CCN2c3ccc([N+](=O)[O-])cc3CC3(C(=O)N(C)C(=O)N(C)C3=O)C2C1. The van der Waals surface area contributed by atoms with Crippen LogP contribution in [0.3, 0.4) is 0 Å². The molecule has 1 aromatic carbocycles. The summed E-state index contributed by atoms with van der Waals surface area (Å²) in [6.07, 6.45) is 1.59. The van der Waals surface area contributed by atoms with Crippen molar-refractivity contribution in [3.63, 3.8) is 0 Å². The lowest BCUT2D eigenvalue weighted by atomic mass is 9.64. The molecule has 148 valence electrons. The second kappa shape index (κ2) is 6.02. The van der Waals surface area contributed by atoms with Crippen molar-refractivity contribution in [2.75, 3.05) is 25.5 Å². The van der Waals surface area contributed by atoms with Crippen LogP contribution in [0.15, 0.2) is 18.2 Å². The molecule has 2 fully saturated rings. The first-order valence-corrected chi connectivity index (χ1v) is 9.32. The number of nitro groups is 1. The van der Waals surface area contributed by atoms with Gasteiger partial charge in [0.05, 0.1) is 11.0 Å². The molecule has 2 atom stereocenters. The molecule has 9 heteroatoms. The Hall–Kier alpha value is -2.97. The standard InChI is InChI=1S/C19H22N4O5/c1-11-6-7-22-14-5-4-13(23(27)28)9-12(14)10-19(15(22)8-11)16(24)20(2)18(26)21(3)17(19)25/h4-5,9,11,15H,6-8,10H2,1-3H3. The first-order chi connectivity index (χ1) is 13.2. The lowest BCUT2D eigenvalue weighted by molar-refractivity contribution is -0.384. The number of amides is 4. The van der Waals surface area contributed by atoms with Gasteiger partial charge < -0.3 is 4.90 Å². The largest absolute Gasteiger partial charge is 0.367 e. The third-order valence-corrected chi connectivity index (χ3v) is 6.43. The molecule has 3 aliphatic rings. The highest BCUT2D eigenvalue weighted by molar-refractivity contribution is 6.20. The summed E-state index contributed by atoms with van der Waals surface area (Å²) in [6, 6.07) is 3.57. The molecule has 2 saturated heterocycles. The van der Waals surface area contributed by atoms with E-state index in [9.17, 15) is 24.5 Å². The molecule has 3 aliphatic heterocycles. The molecular weight excluding hydrogens is 364 g/mol.